The Morgan fingerprint density at radius 2 is 2.25 bits per heavy atom. The summed E-state index contributed by atoms with van der Waals surface area (Å²) in [6.07, 6.45) is 3.77. The number of rotatable bonds is 3. The Bertz CT molecular complexity index is 125. The van der Waals surface area contributed by atoms with Crippen LogP contribution in [0.5, 0.6) is 0 Å². The van der Waals surface area contributed by atoms with Gasteiger partial charge in [0.1, 0.15) is 0 Å². The zero-order valence-corrected chi connectivity index (χ0v) is 8.21. The molecule has 0 aromatic heterocycles. The van der Waals surface area contributed by atoms with Crippen LogP contribution >= 0.6 is 0 Å². The molecule has 2 heteroatoms. The summed E-state index contributed by atoms with van der Waals surface area (Å²) < 4.78 is 0. The third-order valence-electron chi connectivity index (χ3n) is 2.63. The van der Waals surface area contributed by atoms with E-state index in [-0.39, 0.29) is 0 Å². The van der Waals surface area contributed by atoms with Gasteiger partial charge in [-0.2, -0.15) is 0 Å². The predicted octanol–water partition coefficient (Wildman–Crippen LogP) is 1.39. The lowest BCUT2D eigenvalue weighted by atomic mass is 9.86. The molecule has 0 aliphatic carbocycles. The van der Waals surface area contributed by atoms with Crippen molar-refractivity contribution in [3.05, 3.63) is 0 Å². The molecule has 1 aliphatic rings. The normalized spacial score (nSPS) is 31.0. The Balaban J connectivity index is 2.25. The predicted molar refractivity (Wildman–Crippen MR) is 51.1 cm³/mol. The maximum absolute atomic E-state index is 8.98. The van der Waals surface area contributed by atoms with Crippen molar-refractivity contribution in [2.45, 2.75) is 39.2 Å². The molecule has 0 saturated carbocycles. The van der Waals surface area contributed by atoms with Crippen molar-refractivity contribution < 1.29 is 5.11 Å². The Labute approximate surface area is 75.4 Å². The van der Waals surface area contributed by atoms with Crippen LogP contribution in [0.4, 0.5) is 0 Å². The van der Waals surface area contributed by atoms with Crippen LogP contribution in [0.25, 0.3) is 0 Å². The first-order valence-corrected chi connectivity index (χ1v) is 5.06. The molecule has 0 amide bonds. The van der Waals surface area contributed by atoms with Gasteiger partial charge in [0.25, 0.3) is 0 Å². The van der Waals surface area contributed by atoms with Crippen molar-refractivity contribution in [1.82, 2.24) is 5.32 Å². The molecular weight excluding hydrogens is 150 g/mol. The van der Waals surface area contributed by atoms with E-state index in [0.717, 1.165) is 24.8 Å². The van der Waals surface area contributed by atoms with Gasteiger partial charge in [-0.05, 0) is 37.6 Å². The molecule has 72 valence electrons. The van der Waals surface area contributed by atoms with Crippen LogP contribution in [-0.2, 0) is 0 Å². The third kappa shape index (κ3) is 3.11. The fourth-order valence-corrected chi connectivity index (χ4v) is 2.11. The van der Waals surface area contributed by atoms with E-state index in [1.165, 1.54) is 12.8 Å². The van der Waals surface area contributed by atoms with Crippen LogP contribution in [0.2, 0.25) is 0 Å². The summed E-state index contributed by atoms with van der Waals surface area (Å²) in [6, 6.07) is 0.363. The second-order valence-electron chi connectivity index (χ2n) is 4.35. The van der Waals surface area contributed by atoms with Gasteiger partial charge in [-0.25, -0.2) is 0 Å². The lowest BCUT2D eigenvalue weighted by molar-refractivity contribution is 0.181. The van der Waals surface area contributed by atoms with E-state index in [2.05, 4.69) is 19.2 Å². The van der Waals surface area contributed by atoms with Gasteiger partial charge in [-0.15, -0.1) is 0 Å². The molecule has 2 atom stereocenters. The van der Waals surface area contributed by atoms with Gasteiger partial charge in [0.05, 0.1) is 6.61 Å². The number of aliphatic hydroxyl groups is 1. The van der Waals surface area contributed by atoms with Crippen LogP contribution in [0, 0.1) is 11.8 Å². The summed E-state index contributed by atoms with van der Waals surface area (Å²) in [7, 11) is 0. The quantitative estimate of drug-likeness (QED) is 0.672. The van der Waals surface area contributed by atoms with E-state index in [4.69, 9.17) is 5.11 Å². The van der Waals surface area contributed by atoms with Gasteiger partial charge in [0, 0.05) is 6.04 Å². The second-order valence-corrected chi connectivity index (χ2v) is 4.35. The summed E-state index contributed by atoms with van der Waals surface area (Å²) in [6.45, 7) is 5.93. The maximum Gasteiger partial charge on any atom is 0.0584 e. The molecule has 0 bridgehead atoms. The van der Waals surface area contributed by atoms with E-state index < -0.39 is 0 Å². The fraction of sp³-hybridized carbons (Fsp3) is 1.00. The van der Waals surface area contributed by atoms with Gasteiger partial charge in [-0.3, -0.25) is 0 Å². The highest BCUT2D eigenvalue weighted by Crippen LogP contribution is 2.23. The van der Waals surface area contributed by atoms with E-state index >= 15 is 0 Å². The van der Waals surface area contributed by atoms with Gasteiger partial charge < -0.3 is 10.4 Å². The molecule has 1 heterocycles. The summed E-state index contributed by atoms with van der Waals surface area (Å²) in [4.78, 5) is 0. The molecule has 0 aromatic carbocycles. The highest BCUT2D eigenvalue weighted by molar-refractivity contribution is 4.78. The topological polar surface area (TPSA) is 32.3 Å². The number of piperidine rings is 1. The Kier molecular flexibility index (Phi) is 4.02. The zero-order chi connectivity index (χ0) is 8.97. The van der Waals surface area contributed by atoms with Crippen molar-refractivity contribution in [2.75, 3.05) is 13.2 Å². The molecule has 1 fully saturated rings. The van der Waals surface area contributed by atoms with Crippen LogP contribution in [-0.4, -0.2) is 24.3 Å². The number of aliphatic hydroxyl groups excluding tert-OH is 1. The first-order chi connectivity index (χ1) is 5.72. The summed E-state index contributed by atoms with van der Waals surface area (Å²) in [5, 5.41) is 12.3. The van der Waals surface area contributed by atoms with Crippen LogP contribution < -0.4 is 5.32 Å². The lowest BCUT2D eigenvalue weighted by Gasteiger charge is -2.30. The largest absolute Gasteiger partial charge is 0.395 e. The van der Waals surface area contributed by atoms with Crippen LogP contribution in [0.3, 0.4) is 0 Å². The highest BCUT2D eigenvalue weighted by atomic mass is 16.3. The van der Waals surface area contributed by atoms with Gasteiger partial charge in [0.2, 0.25) is 0 Å². The van der Waals surface area contributed by atoms with E-state index in [0.29, 0.717) is 12.6 Å². The van der Waals surface area contributed by atoms with Crippen molar-refractivity contribution in [1.29, 1.82) is 0 Å². The molecule has 0 radical (unpaired) electrons. The Morgan fingerprint density at radius 3 is 2.83 bits per heavy atom. The molecule has 2 unspecified atom stereocenters. The molecule has 1 rings (SSSR count). The lowest BCUT2D eigenvalue weighted by Crippen LogP contribution is -2.40. The summed E-state index contributed by atoms with van der Waals surface area (Å²) >= 11 is 0. The molecule has 2 nitrogen and oxygen atoms in total. The Hall–Kier alpha value is -0.0800. The molecular formula is C10H21NO. The maximum atomic E-state index is 8.98. The van der Waals surface area contributed by atoms with E-state index in [1.807, 2.05) is 0 Å². The average Bonchev–Trinajstić information content (AvgIpc) is 2.03. The number of hydrogen-bond donors (Lipinski definition) is 2. The van der Waals surface area contributed by atoms with Crippen molar-refractivity contribution in [3.63, 3.8) is 0 Å². The summed E-state index contributed by atoms with van der Waals surface area (Å²) in [5.74, 6) is 1.64. The minimum atomic E-state index is 0.300. The Morgan fingerprint density at radius 1 is 1.50 bits per heavy atom. The van der Waals surface area contributed by atoms with Gasteiger partial charge in [-0.1, -0.05) is 13.8 Å². The van der Waals surface area contributed by atoms with Crippen LogP contribution in [0.15, 0.2) is 0 Å². The minimum Gasteiger partial charge on any atom is -0.395 e. The molecule has 1 aliphatic heterocycles. The molecule has 2 N–H and O–H groups in total. The molecule has 0 spiro atoms. The SMILES string of the molecule is CC(C)CC1CCNC(CO)C1. The number of hydrogen-bond acceptors (Lipinski definition) is 2. The van der Waals surface area contributed by atoms with Crippen molar-refractivity contribution in [3.8, 4) is 0 Å². The summed E-state index contributed by atoms with van der Waals surface area (Å²) in [5.41, 5.74) is 0. The van der Waals surface area contributed by atoms with E-state index in [1.54, 1.807) is 0 Å². The monoisotopic (exact) mass is 171 g/mol. The second kappa shape index (κ2) is 4.83. The van der Waals surface area contributed by atoms with Gasteiger partial charge in [0.15, 0.2) is 0 Å². The van der Waals surface area contributed by atoms with Crippen molar-refractivity contribution >= 4 is 0 Å². The third-order valence-corrected chi connectivity index (χ3v) is 2.63. The zero-order valence-electron chi connectivity index (χ0n) is 8.21. The van der Waals surface area contributed by atoms with Gasteiger partial charge >= 0.3 is 0 Å². The first-order valence-electron chi connectivity index (χ1n) is 5.06. The van der Waals surface area contributed by atoms with Crippen molar-refractivity contribution in [2.24, 2.45) is 11.8 Å². The molecule has 12 heavy (non-hydrogen) atoms. The molecule has 0 aromatic rings. The number of nitrogens with one attached hydrogen (secondary N) is 1. The standard InChI is InChI=1S/C10H21NO/c1-8(2)5-9-3-4-11-10(6-9)7-12/h8-12H,3-7H2,1-2H3. The van der Waals surface area contributed by atoms with E-state index in [9.17, 15) is 0 Å². The smallest absolute Gasteiger partial charge is 0.0584 e. The molecule has 1 saturated heterocycles. The highest BCUT2D eigenvalue weighted by Gasteiger charge is 2.20. The minimum absolute atomic E-state index is 0.300. The fourth-order valence-electron chi connectivity index (χ4n) is 2.11. The first kappa shape index (κ1) is 10.0. The van der Waals surface area contributed by atoms with Crippen LogP contribution in [0.1, 0.15) is 33.1 Å². The average molecular weight is 171 g/mol.